The first-order valence-electron chi connectivity index (χ1n) is 6.89. The van der Waals surface area contributed by atoms with Gasteiger partial charge in [-0.25, -0.2) is 0 Å². The van der Waals surface area contributed by atoms with Crippen LogP contribution in [-0.2, 0) is 15.5 Å². The lowest BCUT2D eigenvalue weighted by Gasteiger charge is -2.33. The van der Waals surface area contributed by atoms with Crippen LogP contribution < -0.4 is 5.32 Å². The highest BCUT2D eigenvalue weighted by Gasteiger charge is 2.40. The molecular weight excluding hydrogens is 234 g/mol. The Balaban J connectivity index is 1.65. The lowest BCUT2D eigenvalue weighted by Crippen LogP contribution is -2.35. The molecular formula is C13H25NO2S. The molecule has 1 N–H and O–H groups in total. The second kappa shape index (κ2) is 6.30. The van der Waals surface area contributed by atoms with Crippen LogP contribution in [0.15, 0.2) is 0 Å². The van der Waals surface area contributed by atoms with Crippen LogP contribution >= 0.6 is 0 Å². The average molecular weight is 259 g/mol. The summed E-state index contributed by atoms with van der Waals surface area (Å²) < 4.78 is 17.2. The van der Waals surface area contributed by atoms with E-state index in [0.29, 0.717) is 6.10 Å². The van der Waals surface area contributed by atoms with Crippen LogP contribution in [0.3, 0.4) is 0 Å². The Bertz CT molecular complexity index is 264. The molecule has 0 aromatic rings. The summed E-state index contributed by atoms with van der Waals surface area (Å²) in [6.07, 6.45) is 11.2. The lowest BCUT2D eigenvalue weighted by atomic mass is 9.83. The van der Waals surface area contributed by atoms with Gasteiger partial charge in [0.2, 0.25) is 0 Å². The Morgan fingerprint density at radius 3 is 2.76 bits per heavy atom. The second-order valence-corrected chi connectivity index (χ2v) is 7.06. The van der Waals surface area contributed by atoms with Gasteiger partial charge in [0.1, 0.15) is 0 Å². The highest BCUT2D eigenvalue weighted by atomic mass is 32.2. The van der Waals surface area contributed by atoms with Crippen molar-refractivity contribution >= 4 is 10.8 Å². The molecule has 3 nitrogen and oxygen atoms in total. The zero-order valence-corrected chi connectivity index (χ0v) is 11.7. The molecule has 1 saturated heterocycles. The van der Waals surface area contributed by atoms with E-state index in [4.69, 9.17) is 4.74 Å². The summed E-state index contributed by atoms with van der Waals surface area (Å²) in [7, 11) is -0.683. The smallest absolute Gasteiger partial charge is 0.0708 e. The molecule has 2 aliphatic rings. The molecule has 0 aromatic heterocycles. The van der Waals surface area contributed by atoms with Crippen molar-refractivity contribution in [3.8, 4) is 0 Å². The molecule has 2 rings (SSSR count). The fourth-order valence-corrected chi connectivity index (χ4v) is 3.51. The van der Waals surface area contributed by atoms with Gasteiger partial charge in [-0.1, -0.05) is 19.3 Å². The summed E-state index contributed by atoms with van der Waals surface area (Å²) in [5, 5.41) is 3.36. The van der Waals surface area contributed by atoms with E-state index in [1.54, 1.807) is 6.26 Å². The van der Waals surface area contributed by atoms with Gasteiger partial charge < -0.3 is 10.1 Å². The molecule has 1 aliphatic heterocycles. The molecule has 0 radical (unpaired) electrons. The molecule has 100 valence electrons. The van der Waals surface area contributed by atoms with Crippen LogP contribution in [-0.4, -0.2) is 41.0 Å². The molecule has 2 unspecified atom stereocenters. The summed E-state index contributed by atoms with van der Waals surface area (Å²) >= 11 is 0. The van der Waals surface area contributed by atoms with E-state index < -0.39 is 10.8 Å². The van der Waals surface area contributed by atoms with E-state index in [0.717, 1.165) is 18.8 Å². The molecule has 1 aliphatic carbocycles. The minimum absolute atomic E-state index is 0.234. The van der Waals surface area contributed by atoms with Crippen molar-refractivity contribution in [3.05, 3.63) is 0 Å². The molecule has 2 fully saturated rings. The van der Waals surface area contributed by atoms with E-state index in [-0.39, 0.29) is 5.60 Å². The number of ether oxygens (including phenoxy) is 1. The van der Waals surface area contributed by atoms with E-state index in [1.807, 2.05) is 0 Å². The van der Waals surface area contributed by atoms with Crippen molar-refractivity contribution in [1.29, 1.82) is 0 Å². The zero-order valence-electron chi connectivity index (χ0n) is 10.9. The molecule has 0 aromatic carbocycles. The van der Waals surface area contributed by atoms with E-state index in [2.05, 4.69) is 5.32 Å². The summed E-state index contributed by atoms with van der Waals surface area (Å²) in [6, 6.07) is 0. The predicted molar refractivity (Wildman–Crippen MR) is 71.7 cm³/mol. The van der Waals surface area contributed by atoms with Gasteiger partial charge in [0, 0.05) is 35.9 Å². The Labute approximate surface area is 107 Å². The van der Waals surface area contributed by atoms with Gasteiger partial charge in [0.25, 0.3) is 0 Å². The molecule has 1 saturated carbocycles. The normalized spacial score (nSPS) is 29.6. The summed E-state index contributed by atoms with van der Waals surface area (Å²) in [4.78, 5) is 0. The number of hydrogen-bond acceptors (Lipinski definition) is 3. The van der Waals surface area contributed by atoms with E-state index >= 15 is 0 Å². The highest BCUT2D eigenvalue weighted by molar-refractivity contribution is 7.84. The Hall–Kier alpha value is 0.0700. The minimum Gasteiger partial charge on any atom is -0.370 e. The largest absolute Gasteiger partial charge is 0.370 e. The van der Waals surface area contributed by atoms with Gasteiger partial charge in [-0.2, -0.15) is 0 Å². The third kappa shape index (κ3) is 4.04. The maximum Gasteiger partial charge on any atom is 0.0708 e. The first-order valence-corrected chi connectivity index (χ1v) is 8.61. The molecule has 17 heavy (non-hydrogen) atoms. The van der Waals surface area contributed by atoms with Crippen molar-refractivity contribution in [2.45, 2.75) is 56.7 Å². The molecule has 1 spiro atoms. The minimum atomic E-state index is -0.683. The van der Waals surface area contributed by atoms with Crippen molar-refractivity contribution in [2.75, 3.05) is 25.1 Å². The fourth-order valence-electron chi connectivity index (χ4n) is 3.08. The second-order valence-electron chi connectivity index (χ2n) is 5.50. The number of rotatable bonds is 5. The first-order chi connectivity index (χ1) is 8.20. The van der Waals surface area contributed by atoms with Gasteiger partial charge in [0.15, 0.2) is 0 Å². The highest BCUT2D eigenvalue weighted by Crippen LogP contribution is 2.41. The summed E-state index contributed by atoms with van der Waals surface area (Å²) in [5.41, 5.74) is 0.234. The van der Waals surface area contributed by atoms with Gasteiger partial charge in [-0.3, -0.25) is 4.21 Å². The Kier molecular flexibility index (Phi) is 5.00. The van der Waals surface area contributed by atoms with Crippen molar-refractivity contribution in [2.24, 2.45) is 0 Å². The van der Waals surface area contributed by atoms with Crippen molar-refractivity contribution in [1.82, 2.24) is 5.32 Å². The Morgan fingerprint density at radius 1 is 1.29 bits per heavy atom. The topological polar surface area (TPSA) is 38.3 Å². The average Bonchev–Trinajstić information content (AvgIpc) is 2.69. The quantitative estimate of drug-likeness (QED) is 0.766. The summed E-state index contributed by atoms with van der Waals surface area (Å²) in [6.45, 7) is 1.77. The van der Waals surface area contributed by atoms with Gasteiger partial charge in [-0.05, 0) is 25.7 Å². The number of nitrogens with one attached hydrogen (secondary N) is 1. The molecule has 0 bridgehead atoms. The standard InChI is InChI=1S/C13H25NO2S/c1-17(15)10-9-14-11-12-5-8-13(16-12)6-3-2-4-7-13/h12,14H,2-11H2,1H3. The Morgan fingerprint density at radius 2 is 2.06 bits per heavy atom. The third-order valence-electron chi connectivity index (χ3n) is 4.04. The zero-order chi connectivity index (χ0) is 12.1. The van der Waals surface area contributed by atoms with Crippen molar-refractivity contribution < 1.29 is 8.95 Å². The van der Waals surface area contributed by atoms with Crippen LogP contribution in [0.25, 0.3) is 0 Å². The van der Waals surface area contributed by atoms with Gasteiger partial charge in [-0.15, -0.1) is 0 Å². The van der Waals surface area contributed by atoms with Crippen LogP contribution in [0, 0.1) is 0 Å². The van der Waals surface area contributed by atoms with Crippen LogP contribution in [0.4, 0.5) is 0 Å². The monoisotopic (exact) mass is 259 g/mol. The van der Waals surface area contributed by atoms with Crippen LogP contribution in [0.1, 0.15) is 44.9 Å². The number of hydrogen-bond donors (Lipinski definition) is 1. The third-order valence-corrected chi connectivity index (χ3v) is 4.82. The van der Waals surface area contributed by atoms with E-state index in [9.17, 15) is 4.21 Å². The first kappa shape index (κ1) is 13.5. The fraction of sp³-hybridized carbons (Fsp3) is 1.00. The van der Waals surface area contributed by atoms with Gasteiger partial charge >= 0.3 is 0 Å². The molecule has 0 amide bonds. The molecule has 4 heteroatoms. The van der Waals surface area contributed by atoms with Crippen LogP contribution in [0.2, 0.25) is 0 Å². The van der Waals surface area contributed by atoms with Crippen molar-refractivity contribution in [3.63, 3.8) is 0 Å². The molecule has 1 heterocycles. The predicted octanol–water partition coefficient (Wildman–Crippen LogP) is 1.84. The molecule has 2 atom stereocenters. The van der Waals surface area contributed by atoms with E-state index in [1.165, 1.54) is 44.9 Å². The SMILES string of the molecule is CS(=O)CCNCC1CCC2(CCCCC2)O1. The lowest BCUT2D eigenvalue weighted by molar-refractivity contribution is -0.0622. The summed E-state index contributed by atoms with van der Waals surface area (Å²) in [5.74, 6) is 0.748. The van der Waals surface area contributed by atoms with Gasteiger partial charge in [0.05, 0.1) is 11.7 Å². The maximum atomic E-state index is 10.9. The van der Waals surface area contributed by atoms with Crippen LogP contribution in [0.5, 0.6) is 0 Å². The maximum absolute atomic E-state index is 10.9.